The first-order valence-electron chi connectivity index (χ1n) is 6.23. The molecule has 0 saturated heterocycles. The number of aromatic amines is 1. The lowest BCUT2D eigenvalue weighted by Crippen LogP contribution is -2.11. The largest absolute Gasteiger partial charge is 0.491 e. The fourth-order valence-electron chi connectivity index (χ4n) is 1.66. The van der Waals surface area contributed by atoms with Crippen LogP contribution in [0.5, 0.6) is 5.75 Å². The van der Waals surface area contributed by atoms with Gasteiger partial charge in [0.15, 0.2) is 5.82 Å². The standard InChI is InChI=1S/C12H18N6O/c1-3-7-19-10-6-4-5-9(11(10)13)14-8(2)12-15-17-18-16-12/h4-6,8,14H,3,7,13H2,1-2H3,(H,15,16,17,18). The quantitative estimate of drug-likeness (QED) is 0.685. The van der Waals surface area contributed by atoms with Crippen LogP contribution in [0.3, 0.4) is 0 Å². The summed E-state index contributed by atoms with van der Waals surface area (Å²) in [5.41, 5.74) is 7.46. The molecule has 2 rings (SSSR count). The van der Waals surface area contributed by atoms with Gasteiger partial charge in [-0.05, 0) is 25.5 Å². The molecule has 0 saturated carbocycles. The lowest BCUT2D eigenvalue weighted by molar-refractivity contribution is 0.319. The van der Waals surface area contributed by atoms with E-state index in [2.05, 4.69) is 32.9 Å². The van der Waals surface area contributed by atoms with Gasteiger partial charge in [-0.1, -0.05) is 18.2 Å². The van der Waals surface area contributed by atoms with Crippen molar-refractivity contribution in [2.75, 3.05) is 17.7 Å². The molecular weight excluding hydrogens is 244 g/mol. The highest BCUT2D eigenvalue weighted by atomic mass is 16.5. The topological polar surface area (TPSA) is 102 Å². The highest BCUT2D eigenvalue weighted by Gasteiger charge is 2.13. The Hall–Kier alpha value is -2.31. The average Bonchev–Trinajstić information content (AvgIpc) is 2.94. The zero-order chi connectivity index (χ0) is 13.7. The summed E-state index contributed by atoms with van der Waals surface area (Å²) in [4.78, 5) is 0. The van der Waals surface area contributed by atoms with E-state index >= 15 is 0 Å². The minimum atomic E-state index is -0.0949. The van der Waals surface area contributed by atoms with Crippen LogP contribution >= 0.6 is 0 Å². The first kappa shape index (κ1) is 13.1. The maximum absolute atomic E-state index is 6.07. The Morgan fingerprint density at radius 1 is 1.47 bits per heavy atom. The van der Waals surface area contributed by atoms with Gasteiger partial charge in [-0.15, -0.1) is 10.2 Å². The van der Waals surface area contributed by atoms with Gasteiger partial charge in [0.1, 0.15) is 5.75 Å². The van der Waals surface area contributed by atoms with Crippen LogP contribution in [0.4, 0.5) is 11.4 Å². The van der Waals surface area contributed by atoms with Crippen LogP contribution in [-0.2, 0) is 0 Å². The van der Waals surface area contributed by atoms with E-state index in [1.165, 1.54) is 0 Å². The van der Waals surface area contributed by atoms with E-state index in [0.717, 1.165) is 12.1 Å². The predicted molar refractivity (Wildman–Crippen MR) is 72.9 cm³/mol. The molecule has 0 fully saturated rings. The van der Waals surface area contributed by atoms with Crippen molar-refractivity contribution >= 4 is 11.4 Å². The van der Waals surface area contributed by atoms with E-state index in [4.69, 9.17) is 10.5 Å². The van der Waals surface area contributed by atoms with Crippen molar-refractivity contribution in [1.82, 2.24) is 20.6 Å². The normalized spacial score (nSPS) is 12.1. The summed E-state index contributed by atoms with van der Waals surface area (Å²) >= 11 is 0. The number of nitrogens with zero attached hydrogens (tertiary/aromatic N) is 3. The summed E-state index contributed by atoms with van der Waals surface area (Å²) < 4.78 is 5.58. The Morgan fingerprint density at radius 3 is 3.00 bits per heavy atom. The van der Waals surface area contributed by atoms with Gasteiger partial charge in [0.2, 0.25) is 0 Å². The summed E-state index contributed by atoms with van der Waals surface area (Å²) in [5.74, 6) is 1.27. The third-order valence-corrected chi connectivity index (χ3v) is 2.65. The zero-order valence-corrected chi connectivity index (χ0v) is 11.1. The van der Waals surface area contributed by atoms with Crippen LogP contribution in [-0.4, -0.2) is 27.2 Å². The summed E-state index contributed by atoms with van der Waals surface area (Å²) in [6.07, 6.45) is 0.941. The number of aromatic nitrogens is 4. The van der Waals surface area contributed by atoms with E-state index in [1.54, 1.807) is 0 Å². The number of H-pyrrole nitrogens is 1. The maximum Gasteiger partial charge on any atom is 0.196 e. The molecule has 1 heterocycles. The number of nitrogen functional groups attached to an aromatic ring is 1. The van der Waals surface area contributed by atoms with Gasteiger partial charge < -0.3 is 15.8 Å². The molecule has 7 nitrogen and oxygen atoms in total. The van der Waals surface area contributed by atoms with Gasteiger partial charge in [-0.25, -0.2) is 0 Å². The SMILES string of the molecule is CCCOc1cccc(NC(C)c2nn[nH]n2)c1N. The van der Waals surface area contributed by atoms with Crippen LogP contribution in [0.1, 0.15) is 32.1 Å². The highest BCUT2D eigenvalue weighted by Crippen LogP contribution is 2.31. The van der Waals surface area contributed by atoms with Gasteiger partial charge in [-0.3, -0.25) is 0 Å². The minimum Gasteiger partial charge on any atom is -0.491 e. The monoisotopic (exact) mass is 262 g/mol. The molecule has 0 aliphatic rings. The smallest absolute Gasteiger partial charge is 0.196 e. The number of tetrazole rings is 1. The minimum absolute atomic E-state index is 0.0949. The van der Waals surface area contributed by atoms with Crippen molar-refractivity contribution in [2.45, 2.75) is 26.3 Å². The van der Waals surface area contributed by atoms with Crippen LogP contribution in [0, 0.1) is 0 Å². The molecule has 4 N–H and O–H groups in total. The Labute approximate surface area is 111 Å². The van der Waals surface area contributed by atoms with E-state index in [1.807, 2.05) is 25.1 Å². The van der Waals surface area contributed by atoms with Gasteiger partial charge in [0.05, 0.1) is 24.0 Å². The second-order valence-electron chi connectivity index (χ2n) is 4.20. The highest BCUT2D eigenvalue weighted by molar-refractivity contribution is 5.73. The molecule has 7 heteroatoms. The second-order valence-corrected chi connectivity index (χ2v) is 4.20. The first-order chi connectivity index (χ1) is 9.22. The Balaban J connectivity index is 2.12. The molecule has 1 aromatic heterocycles. The van der Waals surface area contributed by atoms with Crippen molar-refractivity contribution in [3.63, 3.8) is 0 Å². The van der Waals surface area contributed by atoms with Gasteiger partial charge >= 0.3 is 0 Å². The summed E-state index contributed by atoms with van der Waals surface area (Å²) in [5, 5.41) is 17.1. The van der Waals surface area contributed by atoms with Gasteiger partial charge in [-0.2, -0.15) is 5.21 Å². The predicted octanol–water partition coefficient (Wildman–Crippen LogP) is 1.74. The van der Waals surface area contributed by atoms with Crippen LogP contribution in [0.15, 0.2) is 18.2 Å². The number of anilines is 2. The van der Waals surface area contributed by atoms with E-state index < -0.39 is 0 Å². The van der Waals surface area contributed by atoms with Crippen LogP contribution in [0.25, 0.3) is 0 Å². The van der Waals surface area contributed by atoms with Gasteiger partial charge in [0, 0.05) is 0 Å². The number of nitrogens with one attached hydrogen (secondary N) is 2. The molecule has 1 unspecified atom stereocenters. The van der Waals surface area contributed by atoms with Crippen molar-refractivity contribution in [3.05, 3.63) is 24.0 Å². The number of nitrogens with two attached hydrogens (primary N) is 1. The molecule has 0 spiro atoms. The van der Waals surface area contributed by atoms with E-state index in [-0.39, 0.29) is 6.04 Å². The molecule has 0 aliphatic carbocycles. The second kappa shape index (κ2) is 6.03. The molecular formula is C12H18N6O. The molecule has 1 aromatic carbocycles. The fourth-order valence-corrected chi connectivity index (χ4v) is 1.66. The van der Waals surface area contributed by atoms with Crippen molar-refractivity contribution in [3.8, 4) is 5.75 Å². The van der Waals surface area contributed by atoms with Crippen molar-refractivity contribution in [2.24, 2.45) is 0 Å². The lowest BCUT2D eigenvalue weighted by Gasteiger charge is -2.16. The van der Waals surface area contributed by atoms with Gasteiger partial charge in [0.25, 0.3) is 0 Å². The van der Waals surface area contributed by atoms with Crippen molar-refractivity contribution in [1.29, 1.82) is 0 Å². The molecule has 0 amide bonds. The number of benzene rings is 1. The first-order valence-corrected chi connectivity index (χ1v) is 6.23. The number of ether oxygens (including phenoxy) is 1. The molecule has 0 radical (unpaired) electrons. The number of rotatable bonds is 6. The molecule has 102 valence electrons. The summed E-state index contributed by atoms with van der Waals surface area (Å²) in [6.45, 7) is 4.63. The Bertz CT molecular complexity index is 513. The van der Waals surface area contributed by atoms with E-state index in [0.29, 0.717) is 23.9 Å². The average molecular weight is 262 g/mol. The van der Waals surface area contributed by atoms with Crippen LogP contribution in [0.2, 0.25) is 0 Å². The molecule has 2 aromatic rings. The maximum atomic E-state index is 6.07. The molecule has 0 aliphatic heterocycles. The fraction of sp³-hybridized carbons (Fsp3) is 0.417. The molecule has 0 bridgehead atoms. The number of hydrogen-bond donors (Lipinski definition) is 3. The molecule has 19 heavy (non-hydrogen) atoms. The number of hydrogen-bond acceptors (Lipinski definition) is 6. The number of para-hydroxylation sites is 1. The molecule has 1 atom stereocenters. The Kier molecular flexibility index (Phi) is 4.17. The third kappa shape index (κ3) is 3.12. The van der Waals surface area contributed by atoms with E-state index in [9.17, 15) is 0 Å². The summed E-state index contributed by atoms with van der Waals surface area (Å²) in [7, 11) is 0. The third-order valence-electron chi connectivity index (χ3n) is 2.65. The van der Waals surface area contributed by atoms with Crippen molar-refractivity contribution < 1.29 is 4.74 Å². The van der Waals surface area contributed by atoms with Crippen LogP contribution < -0.4 is 15.8 Å². The lowest BCUT2D eigenvalue weighted by atomic mass is 10.2. The Morgan fingerprint density at radius 2 is 2.32 bits per heavy atom. The summed E-state index contributed by atoms with van der Waals surface area (Å²) in [6, 6.07) is 5.55. The zero-order valence-electron chi connectivity index (χ0n) is 11.1.